The molecule has 0 bridgehead atoms. The van der Waals surface area contributed by atoms with Crippen molar-refractivity contribution in [2.24, 2.45) is 0 Å². The number of benzene rings is 2. The first-order valence-corrected chi connectivity index (χ1v) is 10.7. The molecule has 2 rings (SSSR count). The van der Waals surface area contributed by atoms with Crippen molar-refractivity contribution < 1.29 is 22.7 Å². The topological polar surface area (TPSA) is 92.8 Å². The summed E-state index contributed by atoms with van der Waals surface area (Å²) in [4.78, 5) is 24.0. The fourth-order valence-electron chi connectivity index (χ4n) is 2.27. The molecule has 0 aliphatic rings. The molecule has 9 heteroatoms. The number of para-hydroxylation sites is 1. The standard InChI is InChI=1S/C18H19BrN2O5S/c1-3-26-18(23)13-8-10-14(11-9-13)20-17(22)12-21(27(2,24)25)16-7-5-4-6-15(16)19/h4-11H,3,12H2,1-2H3,(H,20,22). The van der Waals surface area contributed by atoms with Gasteiger partial charge in [-0.2, -0.15) is 0 Å². The zero-order valence-corrected chi connectivity index (χ0v) is 17.2. The van der Waals surface area contributed by atoms with E-state index in [9.17, 15) is 18.0 Å². The zero-order valence-electron chi connectivity index (χ0n) is 14.8. The number of hydrogen-bond acceptors (Lipinski definition) is 5. The van der Waals surface area contributed by atoms with Gasteiger partial charge in [0.2, 0.25) is 15.9 Å². The molecule has 0 aromatic heterocycles. The average Bonchev–Trinajstić information content (AvgIpc) is 2.60. The van der Waals surface area contributed by atoms with Crippen LogP contribution >= 0.6 is 15.9 Å². The molecule has 0 fully saturated rings. The number of nitrogens with one attached hydrogen (secondary N) is 1. The maximum atomic E-state index is 12.4. The lowest BCUT2D eigenvalue weighted by Crippen LogP contribution is -2.37. The number of carbonyl (C=O) groups is 2. The van der Waals surface area contributed by atoms with Crippen molar-refractivity contribution in [3.63, 3.8) is 0 Å². The van der Waals surface area contributed by atoms with E-state index in [4.69, 9.17) is 4.74 Å². The maximum Gasteiger partial charge on any atom is 0.338 e. The third kappa shape index (κ3) is 5.80. The largest absolute Gasteiger partial charge is 0.462 e. The summed E-state index contributed by atoms with van der Waals surface area (Å²) in [7, 11) is -3.67. The molecular formula is C18H19BrN2O5S. The number of carbonyl (C=O) groups excluding carboxylic acids is 2. The van der Waals surface area contributed by atoms with E-state index in [0.717, 1.165) is 10.6 Å². The minimum Gasteiger partial charge on any atom is -0.462 e. The SMILES string of the molecule is CCOC(=O)c1ccc(NC(=O)CN(c2ccccc2Br)S(C)(=O)=O)cc1. The minimum absolute atomic E-state index is 0.272. The number of esters is 1. The molecule has 2 aromatic rings. The van der Waals surface area contributed by atoms with Crippen molar-refractivity contribution in [2.75, 3.05) is 29.0 Å². The minimum atomic E-state index is -3.67. The molecule has 0 aliphatic heterocycles. The summed E-state index contributed by atoms with van der Waals surface area (Å²) in [5, 5.41) is 2.62. The summed E-state index contributed by atoms with van der Waals surface area (Å²) < 4.78 is 30.7. The Bertz CT molecular complexity index is 929. The molecule has 2 aromatic carbocycles. The highest BCUT2D eigenvalue weighted by molar-refractivity contribution is 9.10. The zero-order chi connectivity index (χ0) is 20.0. The molecule has 144 valence electrons. The van der Waals surface area contributed by atoms with Gasteiger partial charge in [-0.05, 0) is 59.3 Å². The van der Waals surface area contributed by atoms with Crippen LogP contribution in [0.3, 0.4) is 0 Å². The van der Waals surface area contributed by atoms with E-state index in [1.165, 1.54) is 12.1 Å². The summed E-state index contributed by atoms with van der Waals surface area (Å²) in [6.45, 7) is 1.60. The van der Waals surface area contributed by atoms with Gasteiger partial charge in [0.15, 0.2) is 0 Å². The van der Waals surface area contributed by atoms with Crippen LogP contribution < -0.4 is 9.62 Å². The fourth-order valence-corrected chi connectivity index (χ4v) is 3.75. The second-order valence-electron chi connectivity index (χ2n) is 5.57. The number of halogens is 1. The van der Waals surface area contributed by atoms with Crippen molar-refractivity contribution in [1.82, 2.24) is 0 Å². The molecule has 1 N–H and O–H groups in total. The van der Waals surface area contributed by atoms with Crippen LogP contribution in [0.15, 0.2) is 53.0 Å². The molecule has 0 saturated carbocycles. The van der Waals surface area contributed by atoms with E-state index in [-0.39, 0.29) is 13.2 Å². The van der Waals surface area contributed by atoms with Gasteiger partial charge in [-0.1, -0.05) is 12.1 Å². The first-order chi connectivity index (χ1) is 12.7. The highest BCUT2D eigenvalue weighted by atomic mass is 79.9. The van der Waals surface area contributed by atoms with E-state index in [2.05, 4.69) is 21.2 Å². The second-order valence-corrected chi connectivity index (χ2v) is 8.33. The molecule has 0 atom stereocenters. The summed E-state index contributed by atoms with van der Waals surface area (Å²) >= 11 is 3.30. The van der Waals surface area contributed by atoms with Gasteiger partial charge >= 0.3 is 5.97 Å². The van der Waals surface area contributed by atoms with E-state index in [1.807, 2.05) is 0 Å². The highest BCUT2D eigenvalue weighted by Gasteiger charge is 2.22. The second kappa shape index (κ2) is 9.01. The number of rotatable bonds is 7. The Morgan fingerprint density at radius 1 is 1.11 bits per heavy atom. The molecular weight excluding hydrogens is 436 g/mol. The number of amides is 1. The lowest BCUT2D eigenvalue weighted by atomic mass is 10.2. The third-order valence-corrected chi connectivity index (χ3v) is 5.29. The lowest BCUT2D eigenvalue weighted by Gasteiger charge is -2.23. The average molecular weight is 455 g/mol. The molecule has 7 nitrogen and oxygen atoms in total. The fraction of sp³-hybridized carbons (Fsp3) is 0.222. The van der Waals surface area contributed by atoms with Crippen LogP contribution in [0.2, 0.25) is 0 Å². The van der Waals surface area contributed by atoms with Crippen LogP contribution in [0.4, 0.5) is 11.4 Å². The molecule has 0 heterocycles. The van der Waals surface area contributed by atoms with Crippen molar-refractivity contribution in [3.8, 4) is 0 Å². The van der Waals surface area contributed by atoms with E-state index in [1.54, 1.807) is 43.3 Å². The van der Waals surface area contributed by atoms with Crippen LogP contribution in [0.25, 0.3) is 0 Å². The van der Waals surface area contributed by atoms with Crippen LogP contribution in [-0.2, 0) is 19.6 Å². The van der Waals surface area contributed by atoms with E-state index in [0.29, 0.717) is 21.4 Å². The summed E-state index contributed by atoms with van der Waals surface area (Å²) in [5.41, 5.74) is 1.17. The van der Waals surface area contributed by atoms with Crippen molar-refractivity contribution >= 4 is 49.2 Å². The van der Waals surface area contributed by atoms with Crippen LogP contribution in [0.5, 0.6) is 0 Å². The quantitative estimate of drug-likeness (QED) is 0.648. The summed E-state index contributed by atoms with van der Waals surface area (Å²) in [6, 6.07) is 12.9. The van der Waals surface area contributed by atoms with Gasteiger partial charge in [-0.3, -0.25) is 9.10 Å². The van der Waals surface area contributed by atoms with Crippen molar-refractivity contribution in [2.45, 2.75) is 6.92 Å². The molecule has 0 spiro atoms. The van der Waals surface area contributed by atoms with Crippen molar-refractivity contribution in [1.29, 1.82) is 0 Å². The molecule has 1 amide bonds. The Labute approximate surface area is 166 Å². The Balaban J connectivity index is 2.13. The number of sulfonamides is 1. The Morgan fingerprint density at radius 2 is 1.74 bits per heavy atom. The van der Waals surface area contributed by atoms with Crippen molar-refractivity contribution in [3.05, 3.63) is 58.6 Å². The van der Waals surface area contributed by atoms with Crippen LogP contribution in [0.1, 0.15) is 17.3 Å². The first kappa shape index (κ1) is 20.9. The van der Waals surface area contributed by atoms with Gasteiger partial charge in [0, 0.05) is 10.2 Å². The van der Waals surface area contributed by atoms with E-state index >= 15 is 0 Å². The highest BCUT2D eigenvalue weighted by Crippen LogP contribution is 2.27. The van der Waals surface area contributed by atoms with Gasteiger partial charge in [-0.25, -0.2) is 13.2 Å². The molecule has 0 saturated heterocycles. The number of anilines is 2. The Hall–Kier alpha value is -2.39. The first-order valence-electron chi connectivity index (χ1n) is 8.01. The van der Waals surface area contributed by atoms with Crippen LogP contribution in [-0.4, -0.2) is 39.7 Å². The predicted octanol–water partition coefficient (Wildman–Crippen LogP) is 3.03. The molecule has 0 radical (unpaired) electrons. The third-order valence-electron chi connectivity index (χ3n) is 3.49. The summed E-state index contributed by atoms with van der Waals surface area (Å²) in [5.74, 6) is -0.965. The summed E-state index contributed by atoms with van der Waals surface area (Å²) in [6.07, 6.45) is 1.04. The van der Waals surface area contributed by atoms with Crippen LogP contribution in [0, 0.1) is 0 Å². The molecule has 0 unspecified atom stereocenters. The Kier molecular flexibility index (Phi) is 6.98. The van der Waals surface area contributed by atoms with Gasteiger partial charge in [0.05, 0.1) is 24.1 Å². The molecule has 0 aliphatic carbocycles. The monoisotopic (exact) mass is 454 g/mol. The number of hydrogen-bond donors (Lipinski definition) is 1. The Morgan fingerprint density at radius 3 is 2.30 bits per heavy atom. The van der Waals surface area contributed by atoms with Gasteiger partial charge < -0.3 is 10.1 Å². The maximum absolute atomic E-state index is 12.4. The van der Waals surface area contributed by atoms with E-state index < -0.39 is 21.9 Å². The van der Waals surface area contributed by atoms with Gasteiger partial charge in [0.1, 0.15) is 6.54 Å². The normalized spacial score (nSPS) is 10.9. The number of nitrogens with zero attached hydrogens (tertiary/aromatic N) is 1. The van der Waals surface area contributed by atoms with Gasteiger partial charge in [0.25, 0.3) is 0 Å². The van der Waals surface area contributed by atoms with Gasteiger partial charge in [-0.15, -0.1) is 0 Å². The smallest absolute Gasteiger partial charge is 0.338 e. The molecule has 27 heavy (non-hydrogen) atoms. The lowest BCUT2D eigenvalue weighted by molar-refractivity contribution is -0.114. The predicted molar refractivity (Wildman–Crippen MR) is 107 cm³/mol. The number of ether oxygens (including phenoxy) is 1.